The SMILES string of the molecule is CCCCCCOc1nc(-c2ccccc2)sc1-c1ccccc1. The number of rotatable bonds is 8. The van der Waals surface area contributed by atoms with E-state index in [1.54, 1.807) is 11.3 Å². The average molecular weight is 337 g/mol. The summed E-state index contributed by atoms with van der Waals surface area (Å²) in [5, 5.41) is 1.01. The normalized spacial score (nSPS) is 10.7. The molecule has 0 atom stereocenters. The molecular weight excluding hydrogens is 314 g/mol. The average Bonchev–Trinajstić information content (AvgIpc) is 3.07. The van der Waals surface area contributed by atoms with E-state index in [2.05, 4.69) is 43.3 Å². The minimum atomic E-state index is 0.734. The molecule has 3 rings (SSSR count). The quantitative estimate of drug-likeness (QED) is 0.441. The van der Waals surface area contributed by atoms with Crippen molar-refractivity contribution in [1.29, 1.82) is 0 Å². The minimum Gasteiger partial charge on any atom is -0.477 e. The van der Waals surface area contributed by atoms with Crippen molar-refractivity contribution in [2.75, 3.05) is 6.61 Å². The molecule has 0 fully saturated rings. The molecule has 0 saturated carbocycles. The maximum atomic E-state index is 6.04. The molecule has 24 heavy (non-hydrogen) atoms. The van der Waals surface area contributed by atoms with Crippen molar-refractivity contribution in [2.45, 2.75) is 32.6 Å². The van der Waals surface area contributed by atoms with Gasteiger partial charge in [0, 0.05) is 5.56 Å². The number of thiazole rings is 1. The highest BCUT2D eigenvalue weighted by molar-refractivity contribution is 7.18. The fourth-order valence-corrected chi connectivity index (χ4v) is 3.60. The summed E-state index contributed by atoms with van der Waals surface area (Å²) in [4.78, 5) is 5.89. The van der Waals surface area contributed by atoms with Crippen molar-refractivity contribution in [1.82, 2.24) is 4.98 Å². The highest BCUT2D eigenvalue weighted by Crippen LogP contribution is 2.39. The molecule has 0 bridgehead atoms. The Hall–Kier alpha value is -2.13. The molecule has 0 saturated heterocycles. The van der Waals surface area contributed by atoms with Gasteiger partial charge in [0.05, 0.1) is 11.5 Å². The van der Waals surface area contributed by atoms with E-state index in [1.165, 1.54) is 24.8 Å². The third kappa shape index (κ3) is 4.24. The van der Waals surface area contributed by atoms with Gasteiger partial charge < -0.3 is 4.74 Å². The standard InChI is InChI=1S/C21H23NOS/c1-2-3-4-11-16-23-20-19(17-12-7-5-8-13-17)24-21(22-20)18-14-9-6-10-15-18/h5-10,12-15H,2-4,11,16H2,1H3. The Labute approximate surface area is 148 Å². The number of hydrogen-bond donors (Lipinski definition) is 0. The molecule has 0 aliphatic carbocycles. The first-order valence-electron chi connectivity index (χ1n) is 8.63. The van der Waals surface area contributed by atoms with Crippen LogP contribution in [0.2, 0.25) is 0 Å². The van der Waals surface area contributed by atoms with Crippen LogP contribution in [-0.2, 0) is 0 Å². The second kappa shape index (κ2) is 8.65. The molecule has 0 radical (unpaired) electrons. The van der Waals surface area contributed by atoms with Crippen LogP contribution in [-0.4, -0.2) is 11.6 Å². The first-order chi connectivity index (χ1) is 11.9. The molecule has 0 amide bonds. The second-order valence-corrected chi connectivity index (χ2v) is 6.79. The summed E-state index contributed by atoms with van der Waals surface area (Å²) in [6.07, 6.45) is 4.80. The molecule has 1 aromatic heterocycles. The maximum absolute atomic E-state index is 6.04. The number of unbranched alkanes of at least 4 members (excludes halogenated alkanes) is 3. The lowest BCUT2D eigenvalue weighted by molar-refractivity contribution is 0.297. The van der Waals surface area contributed by atoms with E-state index >= 15 is 0 Å². The summed E-state index contributed by atoms with van der Waals surface area (Å²) >= 11 is 1.70. The Morgan fingerprint density at radius 3 is 2.17 bits per heavy atom. The summed E-state index contributed by atoms with van der Waals surface area (Å²) < 4.78 is 6.04. The highest BCUT2D eigenvalue weighted by Gasteiger charge is 2.15. The van der Waals surface area contributed by atoms with Crippen LogP contribution in [0.5, 0.6) is 5.88 Å². The van der Waals surface area contributed by atoms with Gasteiger partial charge in [0.1, 0.15) is 5.01 Å². The summed E-state index contributed by atoms with van der Waals surface area (Å²) in [7, 11) is 0. The van der Waals surface area contributed by atoms with Crippen LogP contribution in [0, 0.1) is 0 Å². The van der Waals surface area contributed by atoms with E-state index in [0.717, 1.165) is 34.4 Å². The zero-order valence-electron chi connectivity index (χ0n) is 14.1. The third-order valence-electron chi connectivity index (χ3n) is 3.89. The summed E-state index contributed by atoms with van der Waals surface area (Å²) in [5.74, 6) is 0.765. The Bertz CT molecular complexity index is 737. The van der Waals surface area contributed by atoms with E-state index in [-0.39, 0.29) is 0 Å². The van der Waals surface area contributed by atoms with Crippen LogP contribution in [0.4, 0.5) is 0 Å². The van der Waals surface area contributed by atoms with E-state index in [9.17, 15) is 0 Å². The number of aromatic nitrogens is 1. The second-order valence-electron chi connectivity index (χ2n) is 5.79. The molecule has 0 unspecified atom stereocenters. The van der Waals surface area contributed by atoms with Gasteiger partial charge in [-0.1, -0.05) is 86.8 Å². The van der Waals surface area contributed by atoms with Crippen molar-refractivity contribution in [2.24, 2.45) is 0 Å². The maximum Gasteiger partial charge on any atom is 0.233 e. The van der Waals surface area contributed by atoms with Gasteiger partial charge in [0.25, 0.3) is 0 Å². The molecular formula is C21H23NOS. The van der Waals surface area contributed by atoms with Gasteiger partial charge in [-0.25, -0.2) is 4.98 Å². The summed E-state index contributed by atoms with van der Waals surface area (Å²) in [5.41, 5.74) is 2.31. The molecule has 0 spiro atoms. The number of benzene rings is 2. The highest BCUT2D eigenvalue weighted by atomic mass is 32.1. The number of ether oxygens (including phenoxy) is 1. The zero-order valence-corrected chi connectivity index (χ0v) is 14.9. The lowest BCUT2D eigenvalue weighted by atomic mass is 10.2. The van der Waals surface area contributed by atoms with Crippen molar-refractivity contribution in [3.05, 3.63) is 60.7 Å². The Balaban J connectivity index is 1.83. The first kappa shape index (κ1) is 16.7. The van der Waals surface area contributed by atoms with Gasteiger partial charge in [-0.2, -0.15) is 0 Å². The van der Waals surface area contributed by atoms with Crippen LogP contribution in [0.1, 0.15) is 32.6 Å². The number of hydrogen-bond acceptors (Lipinski definition) is 3. The largest absolute Gasteiger partial charge is 0.477 e. The lowest BCUT2D eigenvalue weighted by Gasteiger charge is -2.05. The Morgan fingerprint density at radius 2 is 1.50 bits per heavy atom. The van der Waals surface area contributed by atoms with E-state index in [1.807, 2.05) is 24.3 Å². The molecule has 2 nitrogen and oxygen atoms in total. The van der Waals surface area contributed by atoms with E-state index in [0.29, 0.717) is 0 Å². The smallest absolute Gasteiger partial charge is 0.233 e. The summed E-state index contributed by atoms with van der Waals surface area (Å²) in [6, 6.07) is 20.7. The molecule has 124 valence electrons. The van der Waals surface area contributed by atoms with Crippen LogP contribution >= 0.6 is 11.3 Å². The predicted octanol–water partition coefficient (Wildman–Crippen LogP) is 6.44. The van der Waals surface area contributed by atoms with Crippen molar-refractivity contribution >= 4 is 11.3 Å². The lowest BCUT2D eigenvalue weighted by Crippen LogP contribution is -1.98. The van der Waals surface area contributed by atoms with Crippen LogP contribution in [0.25, 0.3) is 21.0 Å². The topological polar surface area (TPSA) is 22.1 Å². The fraction of sp³-hybridized carbons (Fsp3) is 0.286. The molecule has 1 heterocycles. The van der Waals surface area contributed by atoms with E-state index in [4.69, 9.17) is 9.72 Å². The van der Waals surface area contributed by atoms with Gasteiger partial charge in [0.2, 0.25) is 5.88 Å². The van der Waals surface area contributed by atoms with Crippen molar-refractivity contribution in [3.63, 3.8) is 0 Å². The van der Waals surface area contributed by atoms with E-state index < -0.39 is 0 Å². The van der Waals surface area contributed by atoms with Crippen LogP contribution in [0.3, 0.4) is 0 Å². The first-order valence-corrected chi connectivity index (χ1v) is 9.44. The van der Waals surface area contributed by atoms with Crippen molar-refractivity contribution in [3.8, 4) is 26.9 Å². The molecule has 0 aliphatic rings. The van der Waals surface area contributed by atoms with Crippen LogP contribution < -0.4 is 4.74 Å². The zero-order chi connectivity index (χ0) is 16.6. The molecule has 0 aliphatic heterocycles. The monoisotopic (exact) mass is 337 g/mol. The molecule has 2 aromatic carbocycles. The van der Waals surface area contributed by atoms with Gasteiger partial charge >= 0.3 is 0 Å². The number of nitrogens with zero attached hydrogens (tertiary/aromatic N) is 1. The van der Waals surface area contributed by atoms with Gasteiger partial charge in [-0.05, 0) is 12.0 Å². The predicted molar refractivity (Wildman–Crippen MR) is 103 cm³/mol. The van der Waals surface area contributed by atoms with Crippen molar-refractivity contribution < 1.29 is 4.74 Å². The summed E-state index contributed by atoms with van der Waals surface area (Å²) in [6.45, 7) is 2.96. The van der Waals surface area contributed by atoms with Gasteiger partial charge in [0.15, 0.2) is 0 Å². The van der Waals surface area contributed by atoms with Crippen LogP contribution in [0.15, 0.2) is 60.7 Å². The minimum absolute atomic E-state index is 0.734. The fourth-order valence-electron chi connectivity index (χ4n) is 2.58. The van der Waals surface area contributed by atoms with Gasteiger partial charge in [-0.15, -0.1) is 11.3 Å². The molecule has 3 heteroatoms. The Morgan fingerprint density at radius 1 is 0.833 bits per heavy atom. The molecule has 3 aromatic rings. The Kier molecular flexibility index (Phi) is 6.02. The third-order valence-corrected chi connectivity index (χ3v) is 5.02. The van der Waals surface area contributed by atoms with Gasteiger partial charge in [-0.3, -0.25) is 0 Å². The molecule has 0 N–H and O–H groups in total.